The highest BCUT2D eigenvalue weighted by Gasteiger charge is 2.14. The minimum absolute atomic E-state index is 0.467. The van der Waals surface area contributed by atoms with Crippen molar-refractivity contribution in [2.24, 2.45) is 0 Å². The molecule has 0 amide bonds. The molecule has 1 atom stereocenters. The molecule has 0 spiro atoms. The number of ether oxygens (including phenoxy) is 1. The van der Waals surface area contributed by atoms with Crippen LogP contribution < -0.4 is 5.32 Å². The van der Waals surface area contributed by atoms with Gasteiger partial charge in [-0.15, -0.1) is 0 Å². The summed E-state index contributed by atoms with van der Waals surface area (Å²) in [5.41, 5.74) is 1.08. The Hall–Kier alpha value is -1.09. The van der Waals surface area contributed by atoms with Crippen LogP contribution in [0.4, 0.5) is 5.69 Å². The first-order chi connectivity index (χ1) is 5.95. The molecule has 2 heterocycles. The lowest BCUT2D eigenvalue weighted by Gasteiger charge is -2.10. The third kappa shape index (κ3) is 1.74. The fourth-order valence-electron chi connectivity index (χ4n) is 1.33. The Bertz CT molecular complexity index is 232. The first-order valence-electron chi connectivity index (χ1n) is 4.19. The number of hydrogen-bond acceptors (Lipinski definition) is 3. The zero-order valence-corrected chi connectivity index (χ0v) is 6.86. The Labute approximate surface area is 71.8 Å². The monoisotopic (exact) mass is 164 g/mol. The molecule has 3 heteroatoms. The first-order valence-corrected chi connectivity index (χ1v) is 4.19. The van der Waals surface area contributed by atoms with Gasteiger partial charge < -0.3 is 10.1 Å². The van der Waals surface area contributed by atoms with E-state index in [9.17, 15) is 0 Å². The largest absolute Gasteiger partial charge is 0.379 e. The van der Waals surface area contributed by atoms with Crippen molar-refractivity contribution in [3.63, 3.8) is 0 Å². The predicted molar refractivity (Wildman–Crippen MR) is 47.1 cm³/mol. The summed E-state index contributed by atoms with van der Waals surface area (Å²) in [6.07, 6.45) is 4.70. The molecule has 0 radical (unpaired) electrons. The Kier molecular flexibility index (Phi) is 2.23. The van der Waals surface area contributed by atoms with Gasteiger partial charge in [0, 0.05) is 19.0 Å². The maximum absolute atomic E-state index is 5.25. The van der Waals surface area contributed by atoms with Crippen molar-refractivity contribution >= 4 is 5.69 Å². The van der Waals surface area contributed by atoms with Crippen LogP contribution in [0.15, 0.2) is 24.5 Å². The molecule has 0 aliphatic carbocycles. The Morgan fingerprint density at radius 1 is 1.58 bits per heavy atom. The summed E-state index contributed by atoms with van der Waals surface area (Å²) in [4.78, 5) is 4.02. The zero-order chi connectivity index (χ0) is 8.23. The minimum atomic E-state index is 0.467. The first kappa shape index (κ1) is 7.55. The summed E-state index contributed by atoms with van der Waals surface area (Å²) in [7, 11) is 0. The molecule has 1 N–H and O–H groups in total. The van der Waals surface area contributed by atoms with E-state index in [-0.39, 0.29) is 0 Å². The molecule has 0 saturated carbocycles. The smallest absolute Gasteiger partial charge is 0.0668 e. The average Bonchev–Trinajstić information content (AvgIpc) is 2.59. The summed E-state index contributed by atoms with van der Waals surface area (Å²) in [6, 6.07) is 4.41. The molecular weight excluding hydrogens is 152 g/mol. The van der Waals surface area contributed by atoms with Crippen LogP contribution in [0.2, 0.25) is 0 Å². The maximum Gasteiger partial charge on any atom is 0.0668 e. The van der Waals surface area contributed by atoms with Gasteiger partial charge in [-0.2, -0.15) is 0 Å². The van der Waals surface area contributed by atoms with E-state index >= 15 is 0 Å². The van der Waals surface area contributed by atoms with Crippen LogP contribution in [0.25, 0.3) is 0 Å². The Morgan fingerprint density at radius 2 is 2.58 bits per heavy atom. The van der Waals surface area contributed by atoms with Crippen LogP contribution in [-0.4, -0.2) is 24.2 Å². The second kappa shape index (κ2) is 3.54. The SMILES string of the molecule is c1cncc(NC2CCOC2)c1. The Morgan fingerprint density at radius 3 is 3.25 bits per heavy atom. The molecule has 1 saturated heterocycles. The van der Waals surface area contributed by atoms with Gasteiger partial charge in [0.25, 0.3) is 0 Å². The second-order valence-electron chi connectivity index (χ2n) is 2.95. The van der Waals surface area contributed by atoms with Crippen molar-refractivity contribution in [2.45, 2.75) is 12.5 Å². The summed E-state index contributed by atoms with van der Waals surface area (Å²) in [5.74, 6) is 0. The van der Waals surface area contributed by atoms with Gasteiger partial charge in [-0.3, -0.25) is 4.98 Å². The molecule has 1 fully saturated rings. The number of anilines is 1. The average molecular weight is 164 g/mol. The van der Waals surface area contributed by atoms with E-state index in [0.717, 1.165) is 25.3 Å². The number of pyridine rings is 1. The van der Waals surface area contributed by atoms with Crippen molar-refractivity contribution in [2.75, 3.05) is 18.5 Å². The van der Waals surface area contributed by atoms with E-state index in [1.807, 2.05) is 18.3 Å². The molecule has 12 heavy (non-hydrogen) atoms. The Balaban J connectivity index is 1.94. The molecule has 1 aromatic rings. The standard InChI is InChI=1S/C9H12N2O/c1-2-8(6-10-4-1)11-9-3-5-12-7-9/h1-2,4,6,9,11H,3,5,7H2. The van der Waals surface area contributed by atoms with Crippen molar-refractivity contribution in [3.8, 4) is 0 Å². The maximum atomic E-state index is 5.25. The van der Waals surface area contributed by atoms with Crippen molar-refractivity contribution in [3.05, 3.63) is 24.5 Å². The lowest BCUT2D eigenvalue weighted by molar-refractivity contribution is 0.195. The lowest BCUT2D eigenvalue weighted by Crippen LogP contribution is -2.18. The molecule has 64 valence electrons. The third-order valence-electron chi connectivity index (χ3n) is 1.96. The number of rotatable bonds is 2. The number of hydrogen-bond donors (Lipinski definition) is 1. The molecule has 2 rings (SSSR count). The molecule has 1 unspecified atom stereocenters. The topological polar surface area (TPSA) is 34.2 Å². The molecule has 1 aromatic heterocycles. The normalized spacial score (nSPS) is 22.5. The second-order valence-corrected chi connectivity index (χ2v) is 2.95. The summed E-state index contributed by atoms with van der Waals surface area (Å²) >= 11 is 0. The van der Waals surface area contributed by atoms with E-state index < -0.39 is 0 Å². The van der Waals surface area contributed by atoms with E-state index in [0.29, 0.717) is 6.04 Å². The number of nitrogens with one attached hydrogen (secondary N) is 1. The highest BCUT2D eigenvalue weighted by Crippen LogP contribution is 2.11. The van der Waals surface area contributed by atoms with Crippen molar-refractivity contribution < 1.29 is 4.74 Å². The number of nitrogens with zero attached hydrogens (tertiary/aromatic N) is 1. The van der Waals surface area contributed by atoms with Gasteiger partial charge in [0.1, 0.15) is 0 Å². The quantitative estimate of drug-likeness (QED) is 0.715. The number of aromatic nitrogens is 1. The van der Waals surface area contributed by atoms with Crippen LogP contribution >= 0.6 is 0 Å². The van der Waals surface area contributed by atoms with Gasteiger partial charge in [-0.1, -0.05) is 0 Å². The van der Waals surface area contributed by atoms with Gasteiger partial charge in [0.2, 0.25) is 0 Å². The summed E-state index contributed by atoms with van der Waals surface area (Å²) in [6.45, 7) is 1.69. The predicted octanol–water partition coefficient (Wildman–Crippen LogP) is 1.28. The van der Waals surface area contributed by atoms with Crippen LogP contribution in [-0.2, 0) is 4.74 Å². The van der Waals surface area contributed by atoms with Crippen LogP contribution in [0.1, 0.15) is 6.42 Å². The highest BCUT2D eigenvalue weighted by molar-refractivity contribution is 5.40. The zero-order valence-electron chi connectivity index (χ0n) is 6.86. The van der Waals surface area contributed by atoms with Crippen LogP contribution in [0.3, 0.4) is 0 Å². The molecule has 0 bridgehead atoms. The van der Waals surface area contributed by atoms with Gasteiger partial charge in [0.05, 0.1) is 18.3 Å². The van der Waals surface area contributed by atoms with E-state index in [1.165, 1.54) is 0 Å². The fraction of sp³-hybridized carbons (Fsp3) is 0.444. The third-order valence-corrected chi connectivity index (χ3v) is 1.96. The summed E-state index contributed by atoms with van der Waals surface area (Å²) in [5, 5.41) is 3.35. The van der Waals surface area contributed by atoms with Gasteiger partial charge in [0.15, 0.2) is 0 Å². The fourth-order valence-corrected chi connectivity index (χ4v) is 1.33. The van der Waals surface area contributed by atoms with Gasteiger partial charge in [-0.05, 0) is 18.6 Å². The minimum Gasteiger partial charge on any atom is -0.379 e. The molecule has 1 aliphatic heterocycles. The van der Waals surface area contributed by atoms with E-state index in [4.69, 9.17) is 4.74 Å². The van der Waals surface area contributed by atoms with E-state index in [2.05, 4.69) is 10.3 Å². The van der Waals surface area contributed by atoms with Crippen LogP contribution in [0, 0.1) is 0 Å². The molecule has 3 nitrogen and oxygen atoms in total. The van der Waals surface area contributed by atoms with E-state index in [1.54, 1.807) is 6.20 Å². The molecule has 0 aromatic carbocycles. The van der Waals surface area contributed by atoms with Crippen molar-refractivity contribution in [1.82, 2.24) is 4.98 Å². The highest BCUT2D eigenvalue weighted by atomic mass is 16.5. The van der Waals surface area contributed by atoms with Crippen LogP contribution in [0.5, 0.6) is 0 Å². The molecular formula is C9H12N2O. The van der Waals surface area contributed by atoms with Gasteiger partial charge in [-0.25, -0.2) is 0 Å². The van der Waals surface area contributed by atoms with Gasteiger partial charge >= 0.3 is 0 Å². The molecule has 1 aliphatic rings. The van der Waals surface area contributed by atoms with Crippen molar-refractivity contribution in [1.29, 1.82) is 0 Å². The summed E-state index contributed by atoms with van der Waals surface area (Å²) < 4.78 is 5.25. The lowest BCUT2D eigenvalue weighted by atomic mass is 10.2.